The first-order chi connectivity index (χ1) is 14.4. The van der Waals surface area contributed by atoms with Crippen LogP contribution in [0.15, 0.2) is 58.7 Å². The molecule has 0 aromatic rings. The van der Waals surface area contributed by atoms with Gasteiger partial charge in [0.15, 0.2) is 0 Å². The number of hydrogen-bond acceptors (Lipinski definition) is 4. The molecular formula is C25H35NO4S. The van der Waals surface area contributed by atoms with E-state index in [-0.39, 0.29) is 16.3 Å². The van der Waals surface area contributed by atoms with E-state index in [2.05, 4.69) is 38.2 Å². The van der Waals surface area contributed by atoms with Crippen LogP contribution >= 0.6 is 11.8 Å². The summed E-state index contributed by atoms with van der Waals surface area (Å²) in [5.41, 5.74) is 4.99. The average Bonchev–Trinajstić information content (AvgIpc) is 2.63. The highest BCUT2D eigenvalue weighted by Crippen LogP contribution is 2.40. The van der Waals surface area contributed by atoms with Crippen LogP contribution in [-0.2, 0) is 14.4 Å². The maximum absolute atomic E-state index is 12.0. The summed E-state index contributed by atoms with van der Waals surface area (Å²) < 4.78 is 0. The summed E-state index contributed by atoms with van der Waals surface area (Å²) in [6.45, 7) is 11.9. The Morgan fingerprint density at radius 3 is 2.42 bits per heavy atom. The highest BCUT2D eigenvalue weighted by atomic mass is 32.2. The number of carboxylic acids is 1. The number of rotatable bonds is 9. The molecular weight excluding hydrogens is 410 g/mol. The van der Waals surface area contributed by atoms with Gasteiger partial charge in [0.1, 0.15) is 6.04 Å². The quantitative estimate of drug-likeness (QED) is 0.368. The number of hydrogen-bond donors (Lipinski definition) is 2. The molecule has 2 N–H and O–H groups in total. The van der Waals surface area contributed by atoms with E-state index in [1.54, 1.807) is 0 Å². The zero-order valence-electron chi connectivity index (χ0n) is 19.5. The van der Waals surface area contributed by atoms with Crippen LogP contribution in [0.3, 0.4) is 0 Å². The molecule has 0 heterocycles. The van der Waals surface area contributed by atoms with E-state index in [1.165, 1.54) is 43.4 Å². The zero-order valence-corrected chi connectivity index (χ0v) is 20.3. The fraction of sp³-hybridized carbons (Fsp3) is 0.480. The van der Waals surface area contributed by atoms with Gasteiger partial charge >= 0.3 is 5.97 Å². The van der Waals surface area contributed by atoms with Crippen LogP contribution in [0.1, 0.15) is 60.8 Å². The maximum atomic E-state index is 12.0. The number of amides is 1. The van der Waals surface area contributed by atoms with Crippen LogP contribution in [0.25, 0.3) is 0 Å². The fourth-order valence-corrected chi connectivity index (χ4v) is 4.32. The number of nitrogens with one attached hydrogen (secondary N) is 1. The summed E-state index contributed by atoms with van der Waals surface area (Å²) in [6, 6.07) is -1.08. The molecule has 0 spiro atoms. The second-order valence-corrected chi connectivity index (χ2v) is 9.67. The van der Waals surface area contributed by atoms with Crippen molar-refractivity contribution in [1.29, 1.82) is 0 Å². The molecule has 0 radical (unpaired) electrons. The van der Waals surface area contributed by atoms with Crippen molar-refractivity contribution in [3.63, 3.8) is 0 Å². The molecule has 170 valence electrons. The van der Waals surface area contributed by atoms with E-state index in [0.717, 1.165) is 22.9 Å². The Labute approximate surface area is 190 Å². The van der Waals surface area contributed by atoms with Gasteiger partial charge in [0, 0.05) is 12.7 Å². The second kappa shape index (κ2) is 12.5. The van der Waals surface area contributed by atoms with Crippen molar-refractivity contribution < 1.29 is 19.5 Å². The highest BCUT2D eigenvalue weighted by Gasteiger charge is 2.26. The van der Waals surface area contributed by atoms with Crippen molar-refractivity contribution in [2.45, 2.75) is 66.8 Å². The van der Waals surface area contributed by atoms with Crippen molar-refractivity contribution in [2.24, 2.45) is 5.41 Å². The average molecular weight is 446 g/mol. The third kappa shape index (κ3) is 10.0. The summed E-state index contributed by atoms with van der Waals surface area (Å²) >= 11 is 0.870. The molecule has 1 atom stereocenters. The summed E-state index contributed by atoms with van der Waals surface area (Å²) in [6.07, 6.45) is 15.2. The Balaban J connectivity index is 2.66. The van der Waals surface area contributed by atoms with Gasteiger partial charge in [0.2, 0.25) is 11.0 Å². The van der Waals surface area contributed by atoms with Crippen molar-refractivity contribution in [3.8, 4) is 0 Å². The smallest absolute Gasteiger partial charge is 0.327 e. The Hall–Kier alpha value is -2.34. The zero-order chi connectivity index (χ0) is 23.6. The van der Waals surface area contributed by atoms with E-state index in [1.807, 2.05) is 32.1 Å². The Morgan fingerprint density at radius 1 is 1.16 bits per heavy atom. The number of thioether (sulfide) groups is 1. The highest BCUT2D eigenvalue weighted by molar-refractivity contribution is 8.14. The molecule has 0 saturated carbocycles. The van der Waals surface area contributed by atoms with Gasteiger partial charge in [-0.05, 0) is 62.7 Å². The van der Waals surface area contributed by atoms with Gasteiger partial charge in [0.05, 0.1) is 0 Å². The van der Waals surface area contributed by atoms with E-state index in [4.69, 9.17) is 5.11 Å². The van der Waals surface area contributed by atoms with E-state index in [0.29, 0.717) is 0 Å². The van der Waals surface area contributed by atoms with Gasteiger partial charge in [0.25, 0.3) is 0 Å². The first-order valence-electron chi connectivity index (χ1n) is 10.5. The molecule has 0 saturated heterocycles. The molecule has 0 aromatic heterocycles. The van der Waals surface area contributed by atoms with E-state index in [9.17, 15) is 14.4 Å². The molecule has 0 aromatic carbocycles. The minimum absolute atomic E-state index is 0.0172. The molecule has 0 unspecified atom stereocenters. The van der Waals surface area contributed by atoms with Gasteiger partial charge in [-0.3, -0.25) is 9.59 Å². The third-order valence-corrected chi connectivity index (χ3v) is 6.09. The Bertz CT molecular complexity index is 844. The number of allylic oxidation sites excluding steroid dienone is 9. The third-order valence-electron chi connectivity index (χ3n) is 5.19. The van der Waals surface area contributed by atoms with Crippen LogP contribution in [0, 0.1) is 5.41 Å². The monoisotopic (exact) mass is 445 g/mol. The molecule has 1 rings (SSSR count). The Morgan fingerprint density at radius 2 is 1.84 bits per heavy atom. The van der Waals surface area contributed by atoms with Gasteiger partial charge in [-0.2, -0.15) is 0 Å². The predicted molar refractivity (Wildman–Crippen MR) is 129 cm³/mol. The summed E-state index contributed by atoms with van der Waals surface area (Å²) in [5, 5.41) is 11.1. The van der Waals surface area contributed by atoms with Gasteiger partial charge in [-0.15, -0.1) is 0 Å². The van der Waals surface area contributed by atoms with E-state index >= 15 is 0 Å². The predicted octanol–water partition coefficient (Wildman–Crippen LogP) is 5.37. The summed E-state index contributed by atoms with van der Waals surface area (Å²) in [7, 11) is 0. The van der Waals surface area contributed by atoms with Crippen LogP contribution in [0.4, 0.5) is 0 Å². The van der Waals surface area contributed by atoms with Crippen molar-refractivity contribution in [1.82, 2.24) is 5.32 Å². The number of carbonyl (C=O) groups excluding carboxylic acids is 2. The lowest BCUT2D eigenvalue weighted by Crippen LogP contribution is -2.41. The molecule has 1 aliphatic rings. The molecule has 6 heteroatoms. The standard InChI is InChI=1S/C25H35NO4S/c1-17(12-13-21-19(3)11-8-14-25(21,5)6)9-7-10-18(2)15-23(28)31-16-22(24(29)30)26-20(4)27/h7,9-10,12-13,15,22H,8,11,14,16H2,1-6H3,(H,26,27)(H,29,30)/t22-/m0/s1. The first-order valence-corrected chi connectivity index (χ1v) is 11.5. The Kier molecular flexibility index (Phi) is 10.8. The molecule has 31 heavy (non-hydrogen) atoms. The van der Waals surface area contributed by atoms with Crippen molar-refractivity contribution in [3.05, 3.63) is 58.7 Å². The maximum Gasteiger partial charge on any atom is 0.327 e. The molecule has 1 aliphatic carbocycles. The second-order valence-electron chi connectivity index (χ2n) is 8.64. The molecule has 0 aliphatic heterocycles. The number of aliphatic carboxylic acids is 1. The number of carboxylic acid groups (broad SMARTS) is 1. The lowest BCUT2D eigenvalue weighted by Gasteiger charge is -2.32. The van der Waals surface area contributed by atoms with Crippen molar-refractivity contribution >= 4 is 28.8 Å². The lowest BCUT2D eigenvalue weighted by molar-refractivity contribution is -0.140. The topological polar surface area (TPSA) is 83.5 Å². The largest absolute Gasteiger partial charge is 0.480 e. The molecule has 0 fully saturated rings. The van der Waals surface area contributed by atoms with E-state index < -0.39 is 17.9 Å². The lowest BCUT2D eigenvalue weighted by atomic mass is 9.72. The summed E-state index contributed by atoms with van der Waals surface area (Å²) in [5.74, 6) is -1.62. The minimum Gasteiger partial charge on any atom is -0.480 e. The van der Waals surface area contributed by atoms with Crippen LogP contribution in [0.5, 0.6) is 0 Å². The summed E-state index contributed by atoms with van der Waals surface area (Å²) in [4.78, 5) is 34.2. The van der Waals surface area contributed by atoms with Gasteiger partial charge in [-0.1, -0.05) is 67.1 Å². The molecule has 0 bridgehead atoms. The fourth-order valence-electron chi connectivity index (χ4n) is 3.49. The normalized spacial score (nSPS) is 18.5. The van der Waals surface area contributed by atoms with Gasteiger partial charge in [-0.25, -0.2) is 4.79 Å². The molecule has 5 nitrogen and oxygen atoms in total. The van der Waals surface area contributed by atoms with Gasteiger partial charge < -0.3 is 10.4 Å². The van der Waals surface area contributed by atoms with Crippen LogP contribution < -0.4 is 5.32 Å². The number of carbonyl (C=O) groups is 3. The SMILES string of the molecule is CC(=O)N[C@@H](CSC(=O)C=C(C)C=CC=C(C)C=CC1=C(C)CCCC1(C)C)C(=O)O. The minimum atomic E-state index is -1.16. The van der Waals surface area contributed by atoms with Crippen LogP contribution in [-0.4, -0.2) is 33.9 Å². The first kappa shape index (κ1) is 26.7. The molecule has 1 amide bonds. The van der Waals surface area contributed by atoms with Crippen LogP contribution in [0.2, 0.25) is 0 Å². The van der Waals surface area contributed by atoms with Crippen molar-refractivity contribution in [2.75, 3.05) is 5.75 Å².